The average molecular weight is 284 g/mol. The number of hydrogen-bond acceptors (Lipinski definition) is 3. The maximum Gasteiger partial charge on any atom is 0.387 e. The van der Waals surface area contributed by atoms with Crippen molar-refractivity contribution < 1.29 is 18.3 Å². The van der Waals surface area contributed by atoms with Crippen LogP contribution in [0.1, 0.15) is 37.3 Å². The SMILES string of the molecule is NC(=O)C(NC1CCCC1)c1ccccc1OC(F)F. The molecule has 0 heterocycles. The van der Waals surface area contributed by atoms with Gasteiger partial charge >= 0.3 is 6.61 Å². The topological polar surface area (TPSA) is 64.4 Å². The van der Waals surface area contributed by atoms with E-state index < -0.39 is 18.6 Å². The summed E-state index contributed by atoms with van der Waals surface area (Å²) in [4.78, 5) is 11.6. The molecule has 1 aromatic carbocycles. The van der Waals surface area contributed by atoms with Gasteiger partial charge in [-0.3, -0.25) is 10.1 Å². The Morgan fingerprint density at radius 3 is 2.55 bits per heavy atom. The van der Waals surface area contributed by atoms with Crippen molar-refractivity contribution in [2.24, 2.45) is 5.73 Å². The van der Waals surface area contributed by atoms with Gasteiger partial charge < -0.3 is 10.5 Å². The third-order valence-corrected chi connectivity index (χ3v) is 3.49. The summed E-state index contributed by atoms with van der Waals surface area (Å²) in [5, 5.41) is 3.15. The zero-order valence-electron chi connectivity index (χ0n) is 11.0. The van der Waals surface area contributed by atoms with Gasteiger partial charge in [0.05, 0.1) is 0 Å². The lowest BCUT2D eigenvalue weighted by atomic mass is 10.0. The van der Waals surface area contributed by atoms with Gasteiger partial charge in [-0.1, -0.05) is 31.0 Å². The molecule has 1 unspecified atom stereocenters. The molecule has 0 radical (unpaired) electrons. The van der Waals surface area contributed by atoms with Gasteiger partial charge in [-0.15, -0.1) is 0 Å². The summed E-state index contributed by atoms with van der Waals surface area (Å²) in [5.41, 5.74) is 5.76. The van der Waals surface area contributed by atoms with Gasteiger partial charge in [0.15, 0.2) is 0 Å². The predicted molar refractivity (Wildman–Crippen MR) is 70.4 cm³/mol. The van der Waals surface area contributed by atoms with Crippen LogP contribution in [-0.4, -0.2) is 18.6 Å². The molecule has 0 spiro atoms. The van der Waals surface area contributed by atoms with E-state index in [9.17, 15) is 13.6 Å². The van der Waals surface area contributed by atoms with Crippen LogP contribution in [0.25, 0.3) is 0 Å². The molecule has 1 fully saturated rings. The molecule has 110 valence electrons. The van der Waals surface area contributed by atoms with Crippen molar-refractivity contribution in [3.63, 3.8) is 0 Å². The molecule has 0 aromatic heterocycles. The minimum Gasteiger partial charge on any atom is -0.434 e. The Balaban J connectivity index is 2.21. The van der Waals surface area contributed by atoms with Crippen LogP contribution < -0.4 is 15.8 Å². The summed E-state index contributed by atoms with van der Waals surface area (Å²) in [5.74, 6) is -0.612. The van der Waals surface area contributed by atoms with E-state index in [2.05, 4.69) is 10.1 Å². The van der Waals surface area contributed by atoms with E-state index in [-0.39, 0.29) is 11.8 Å². The van der Waals surface area contributed by atoms with Gasteiger partial charge in [0, 0.05) is 11.6 Å². The Morgan fingerprint density at radius 1 is 1.30 bits per heavy atom. The van der Waals surface area contributed by atoms with Gasteiger partial charge in [-0.25, -0.2) is 0 Å². The lowest BCUT2D eigenvalue weighted by Gasteiger charge is -2.22. The summed E-state index contributed by atoms with van der Waals surface area (Å²) < 4.78 is 29.3. The van der Waals surface area contributed by atoms with Gasteiger partial charge in [0.1, 0.15) is 11.8 Å². The fourth-order valence-electron chi connectivity index (χ4n) is 2.58. The number of rotatable bonds is 6. The van der Waals surface area contributed by atoms with Gasteiger partial charge in [0.2, 0.25) is 5.91 Å². The van der Waals surface area contributed by atoms with Crippen LogP contribution in [-0.2, 0) is 4.79 Å². The van der Waals surface area contributed by atoms with E-state index in [1.807, 2.05) is 0 Å². The quantitative estimate of drug-likeness (QED) is 0.842. The van der Waals surface area contributed by atoms with Crippen LogP contribution in [0.5, 0.6) is 5.75 Å². The number of hydrogen-bond donors (Lipinski definition) is 2. The fraction of sp³-hybridized carbons (Fsp3) is 0.500. The molecule has 4 nitrogen and oxygen atoms in total. The summed E-state index contributed by atoms with van der Waals surface area (Å²) in [6.07, 6.45) is 4.11. The van der Waals surface area contributed by atoms with Gasteiger partial charge in [-0.2, -0.15) is 8.78 Å². The number of carbonyl (C=O) groups is 1. The Bertz CT molecular complexity index is 462. The summed E-state index contributed by atoms with van der Waals surface area (Å²) >= 11 is 0. The highest BCUT2D eigenvalue weighted by Crippen LogP contribution is 2.29. The van der Waals surface area contributed by atoms with Crippen LogP contribution >= 0.6 is 0 Å². The van der Waals surface area contributed by atoms with Crippen molar-refractivity contribution in [1.29, 1.82) is 0 Å². The largest absolute Gasteiger partial charge is 0.434 e. The molecular weight excluding hydrogens is 266 g/mol. The molecular formula is C14H18F2N2O2. The first-order valence-corrected chi connectivity index (χ1v) is 6.67. The average Bonchev–Trinajstić information content (AvgIpc) is 2.89. The summed E-state index contributed by atoms with van der Waals surface area (Å²) in [6, 6.07) is 5.61. The van der Waals surface area contributed by atoms with E-state index in [1.165, 1.54) is 6.07 Å². The maximum atomic E-state index is 12.4. The van der Waals surface area contributed by atoms with Crippen LogP contribution in [0.3, 0.4) is 0 Å². The first kappa shape index (κ1) is 14.7. The highest BCUT2D eigenvalue weighted by molar-refractivity contribution is 5.82. The normalized spacial score (nSPS) is 17.4. The highest BCUT2D eigenvalue weighted by Gasteiger charge is 2.26. The first-order chi connectivity index (χ1) is 9.58. The second-order valence-corrected chi connectivity index (χ2v) is 4.90. The lowest BCUT2D eigenvalue weighted by Crippen LogP contribution is -2.39. The minimum absolute atomic E-state index is 0.0169. The second kappa shape index (κ2) is 6.65. The fourth-order valence-corrected chi connectivity index (χ4v) is 2.58. The Hall–Kier alpha value is -1.69. The molecule has 0 saturated heterocycles. The van der Waals surface area contributed by atoms with Crippen molar-refractivity contribution in [3.8, 4) is 5.75 Å². The first-order valence-electron chi connectivity index (χ1n) is 6.67. The molecule has 6 heteroatoms. The molecule has 0 aliphatic heterocycles. The number of alkyl halides is 2. The van der Waals surface area contributed by atoms with Crippen molar-refractivity contribution >= 4 is 5.91 Å². The molecule has 1 aliphatic carbocycles. The number of benzene rings is 1. The molecule has 2 rings (SSSR count). The molecule has 3 N–H and O–H groups in total. The number of amides is 1. The Labute approximate surface area is 116 Å². The number of ether oxygens (including phenoxy) is 1. The number of halogens is 2. The molecule has 1 aliphatic rings. The van der Waals surface area contributed by atoms with Gasteiger partial charge in [0.25, 0.3) is 0 Å². The van der Waals surface area contributed by atoms with E-state index in [4.69, 9.17) is 5.73 Å². The number of primary amides is 1. The minimum atomic E-state index is -2.93. The summed E-state index contributed by atoms with van der Waals surface area (Å²) in [7, 11) is 0. The third kappa shape index (κ3) is 3.66. The van der Waals surface area contributed by atoms with Crippen LogP contribution in [0.4, 0.5) is 8.78 Å². The smallest absolute Gasteiger partial charge is 0.387 e. The maximum absolute atomic E-state index is 12.4. The molecule has 0 bridgehead atoms. The van der Waals surface area contributed by atoms with Crippen LogP contribution in [0.15, 0.2) is 24.3 Å². The lowest BCUT2D eigenvalue weighted by molar-refractivity contribution is -0.120. The van der Waals surface area contributed by atoms with Crippen molar-refractivity contribution in [3.05, 3.63) is 29.8 Å². The van der Waals surface area contributed by atoms with Crippen LogP contribution in [0.2, 0.25) is 0 Å². The molecule has 1 aromatic rings. The van der Waals surface area contributed by atoms with E-state index in [0.717, 1.165) is 25.7 Å². The van der Waals surface area contributed by atoms with Crippen molar-refractivity contribution in [2.45, 2.75) is 44.4 Å². The molecule has 20 heavy (non-hydrogen) atoms. The zero-order valence-corrected chi connectivity index (χ0v) is 11.0. The van der Waals surface area contributed by atoms with E-state index in [0.29, 0.717) is 5.56 Å². The molecule has 1 atom stereocenters. The van der Waals surface area contributed by atoms with Gasteiger partial charge in [-0.05, 0) is 18.9 Å². The van der Waals surface area contributed by atoms with E-state index >= 15 is 0 Å². The zero-order chi connectivity index (χ0) is 14.5. The van der Waals surface area contributed by atoms with Crippen molar-refractivity contribution in [1.82, 2.24) is 5.32 Å². The van der Waals surface area contributed by atoms with Crippen LogP contribution in [0, 0.1) is 0 Å². The standard InChI is InChI=1S/C14H18F2N2O2/c15-14(16)20-11-8-4-3-7-10(11)12(13(17)19)18-9-5-1-2-6-9/h3-4,7-9,12,14,18H,1-2,5-6H2,(H2,17,19). The highest BCUT2D eigenvalue weighted by atomic mass is 19.3. The summed E-state index contributed by atoms with van der Waals surface area (Å²) in [6.45, 7) is -2.93. The third-order valence-electron chi connectivity index (χ3n) is 3.49. The number of para-hydroxylation sites is 1. The molecule has 1 saturated carbocycles. The Morgan fingerprint density at radius 2 is 1.95 bits per heavy atom. The number of nitrogens with two attached hydrogens (primary N) is 1. The van der Waals surface area contributed by atoms with Crippen molar-refractivity contribution in [2.75, 3.05) is 0 Å². The Kier molecular flexibility index (Phi) is 4.89. The second-order valence-electron chi connectivity index (χ2n) is 4.90. The predicted octanol–water partition coefficient (Wildman–Crippen LogP) is 2.35. The number of carbonyl (C=O) groups excluding carboxylic acids is 1. The number of nitrogens with one attached hydrogen (secondary N) is 1. The monoisotopic (exact) mass is 284 g/mol. The van der Waals surface area contributed by atoms with E-state index in [1.54, 1.807) is 18.2 Å². The molecule has 1 amide bonds.